The summed E-state index contributed by atoms with van der Waals surface area (Å²) in [4.78, 5) is 4.26. The Morgan fingerprint density at radius 3 is 2.80 bits per heavy atom. The number of aromatic nitrogens is 1. The Bertz CT molecular complexity index is 792. The minimum Gasteiger partial charge on any atom is -0.453 e. The molecular weight excluding hydrogens is 279 g/mol. The average molecular weight is 289 g/mol. The van der Waals surface area contributed by atoms with Gasteiger partial charge >= 0.3 is 0 Å². The highest BCUT2D eigenvalue weighted by Crippen LogP contribution is 2.32. The van der Waals surface area contributed by atoms with Crippen molar-refractivity contribution in [1.82, 2.24) is 4.98 Å². The van der Waals surface area contributed by atoms with Gasteiger partial charge in [-0.1, -0.05) is 29.8 Å². The van der Waals surface area contributed by atoms with Crippen LogP contribution in [0, 0.1) is 5.82 Å². The number of rotatable bonds is 2. The van der Waals surface area contributed by atoms with E-state index in [0.717, 1.165) is 17.0 Å². The fraction of sp³-hybridized carbons (Fsp3) is 0. The van der Waals surface area contributed by atoms with E-state index in [2.05, 4.69) is 4.98 Å². The molecule has 1 aromatic heterocycles. The van der Waals surface area contributed by atoms with Crippen LogP contribution in [0.1, 0.15) is 0 Å². The Kier molecular flexibility index (Phi) is 3.16. The van der Waals surface area contributed by atoms with E-state index in [4.69, 9.17) is 22.1 Å². The third-order valence-electron chi connectivity index (χ3n) is 2.85. The highest BCUT2D eigenvalue weighted by molar-refractivity contribution is 6.31. The van der Waals surface area contributed by atoms with Crippen LogP contribution < -0.4 is 10.5 Å². The number of hydrogen-bond donors (Lipinski definition) is 1. The van der Waals surface area contributed by atoms with Crippen LogP contribution in [0.2, 0.25) is 5.02 Å². The fourth-order valence-electron chi connectivity index (χ4n) is 1.87. The first-order valence-electron chi connectivity index (χ1n) is 5.90. The lowest BCUT2D eigenvalue weighted by molar-refractivity contribution is 0.478. The minimum absolute atomic E-state index is 0.0357. The van der Waals surface area contributed by atoms with Gasteiger partial charge in [0.1, 0.15) is 11.6 Å². The molecule has 1 heterocycles. The number of halogens is 2. The summed E-state index contributed by atoms with van der Waals surface area (Å²) in [5, 5.41) is 0.893. The van der Waals surface area contributed by atoms with Gasteiger partial charge in [-0.25, -0.2) is 4.39 Å². The van der Waals surface area contributed by atoms with E-state index >= 15 is 0 Å². The maximum Gasteiger partial charge on any atom is 0.153 e. The lowest BCUT2D eigenvalue weighted by Crippen LogP contribution is -1.94. The molecule has 2 aromatic carbocycles. The van der Waals surface area contributed by atoms with Crippen molar-refractivity contribution in [2.75, 3.05) is 5.73 Å². The highest BCUT2D eigenvalue weighted by atomic mass is 35.5. The summed E-state index contributed by atoms with van der Waals surface area (Å²) < 4.78 is 19.0. The lowest BCUT2D eigenvalue weighted by atomic mass is 10.2. The minimum atomic E-state index is -0.579. The molecule has 20 heavy (non-hydrogen) atoms. The van der Waals surface area contributed by atoms with Crippen molar-refractivity contribution in [2.45, 2.75) is 0 Å². The van der Waals surface area contributed by atoms with Crippen LogP contribution in [-0.4, -0.2) is 4.98 Å². The molecule has 0 saturated carbocycles. The summed E-state index contributed by atoms with van der Waals surface area (Å²) >= 11 is 5.64. The standard InChI is InChI=1S/C15H10ClFN2O/c16-11-6-13(18)15(7-12(11)17)20-10-5-9-3-1-2-4-14(9)19-8-10/h1-8H,18H2. The summed E-state index contributed by atoms with van der Waals surface area (Å²) in [6.07, 6.45) is 1.56. The van der Waals surface area contributed by atoms with Crippen molar-refractivity contribution in [2.24, 2.45) is 0 Å². The van der Waals surface area contributed by atoms with Gasteiger partial charge in [-0.3, -0.25) is 4.98 Å². The van der Waals surface area contributed by atoms with Gasteiger partial charge in [0.15, 0.2) is 5.75 Å². The molecule has 0 saturated heterocycles. The summed E-state index contributed by atoms with van der Waals surface area (Å²) in [6.45, 7) is 0. The van der Waals surface area contributed by atoms with Gasteiger partial charge in [-0.05, 0) is 18.2 Å². The van der Waals surface area contributed by atoms with Crippen molar-refractivity contribution in [3.05, 3.63) is 59.5 Å². The average Bonchev–Trinajstić information content (AvgIpc) is 2.44. The molecule has 0 bridgehead atoms. The summed E-state index contributed by atoms with van der Waals surface area (Å²) in [7, 11) is 0. The van der Waals surface area contributed by atoms with Crippen LogP contribution in [0.25, 0.3) is 10.9 Å². The van der Waals surface area contributed by atoms with Crippen molar-refractivity contribution >= 4 is 28.2 Å². The number of anilines is 1. The Labute approximate surface area is 119 Å². The molecular formula is C15H10ClFN2O. The molecule has 0 fully saturated rings. The second kappa shape index (κ2) is 4.98. The van der Waals surface area contributed by atoms with Gasteiger partial charge in [-0.2, -0.15) is 0 Å². The Morgan fingerprint density at radius 2 is 1.95 bits per heavy atom. The Hall–Kier alpha value is -2.33. The molecule has 0 unspecified atom stereocenters. The number of hydrogen-bond acceptors (Lipinski definition) is 3. The van der Waals surface area contributed by atoms with Crippen molar-refractivity contribution in [1.29, 1.82) is 0 Å². The van der Waals surface area contributed by atoms with E-state index in [-0.39, 0.29) is 16.5 Å². The molecule has 0 atom stereocenters. The van der Waals surface area contributed by atoms with Gasteiger partial charge in [0.2, 0.25) is 0 Å². The van der Waals surface area contributed by atoms with Crippen molar-refractivity contribution in [3.8, 4) is 11.5 Å². The summed E-state index contributed by atoms with van der Waals surface area (Å²) in [6, 6.07) is 11.9. The molecule has 3 aromatic rings. The van der Waals surface area contributed by atoms with Crippen LogP contribution in [-0.2, 0) is 0 Å². The molecule has 5 heteroatoms. The van der Waals surface area contributed by atoms with Gasteiger partial charge in [0.05, 0.1) is 22.4 Å². The van der Waals surface area contributed by atoms with E-state index in [1.54, 1.807) is 6.20 Å². The van der Waals surface area contributed by atoms with E-state index in [0.29, 0.717) is 5.75 Å². The van der Waals surface area contributed by atoms with E-state index in [1.807, 2.05) is 30.3 Å². The molecule has 0 aliphatic rings. The zero-order chi connectivity index (χ0) is 14.1. The van der Waals surface area contributed by atoms with E-state index in [9.17, 15) is 4.39 Å². The molecule has 0 amide bonds. The largest absolute Gasteiger partial charge is 0.453 e. The molecule has 0 aliphatic heterocycles. The Morgan fingerprint density at radius 1 is 1.15 bits per heavy atom. The van der Waals surface area contributed by atoms with E-state index in [1.165, 1.54) is 6.07 Å². The topological polar surface area (TPSA) is 48.1 Å². The first-order chi connectivity index (χ1) is 9.63. The van der Waals surface area contributed by atoms with Gasteiger partial charge in [0.25, 0.3) is 0 Å². The summed E-state index contributed by atoms with van der Waals surface area (Å²) in [5.74, 6) is 0.116. The van der Waals surface area contributed by atoms with Gasteiger partial charge in [-0.15, -0.1) is 0 Å². The first-order valence-corrected chi connectivity index (χ1v) is 6.28. The van der Waals surface area contributed by atoms with Crippen LogP contribution >= 0.6 is 11.6 Å². The molecule has 100 valence electrons. The zero-order valence-corrected chi connectivity index (χ0v) is 11.1. The predicted molar refractivity (Wildman–Crippen MR) is 77.6 cm³/mol. The number of nitrogen functional groups attached to an aromatic ring is 1. The number of fused-ring (bicyclic) bond motifs is 1. The fourth-order valence-corrected chi connectivity index (χ4v) is 2.04. The monoisotopic (exact) mass is 288 g/mol. The number of nitrogens with two attached hydrogens (primary N) is 1. The third-order valence-corrected chi connectivity index (χ3v) is 3.14. The third kappa shape index (κ3) is 2.38. The highest BCUT2D eigenvalue weighted by Gasteiger charge is 2.09. The summed E-state index contributed by atoms with van der Waals surface area (Å²) in [5.41, 5.74) is 6.88. The number of benzene rings is 2. The van der Waals surface area contributed by atoms with Crippen molar-refractivity contribution in [3.63, 3.8) is 0 Å². The van der Waals surface area contributed by atoms with Crippen molar-refractivity contribution < 1.29 is 9.13 Å². The molecule has 0 radical (unpaired) electrons. The van der Waals surface area contributed by atoms with Crippen LogP contribution in [0.5, 0.6) is 11.5 Å². The molecule has 3 rings (SSSR count). The maximum atomic E-state index is 13.4. The normalized spacial score (nSPS) is 10.7. The molecule has 2 N–H and O–H groups in total. The number of nitrogens with zero attached hydrogens (tertiary/aromatic N) is 1. The van der Waals surface area contributed by atoms with Crippen LogP contribution in [0.3, 0.4) is 0 Å². The number of ether oxygens (including phenoxy) is 1. The second-order valence-corrected chi connectivity index (χ2v) is 4.68. The maximum absolute atomic E-state index is 13.4. The molecule has 0 aliphatic carbocycles. The predicted octanol–water partition coefficient (Wildman–Crippen LogP) is 4.40. The lowest BCUT2D eigenvalue weighted by Gasteiger charge is -2.09. The second-order valence-electron chi connectivity index (χ2n) is 4.27. The Balaban J connectivity index is 1.99. The first kappa shape index (κ1) is 12.7. The van der Waals surface area contributed by atoms with E-state index < -0.39 is 5.82 Å². The van der Waals surface area contributed by atoms with Crippen LogP contribution in [0.15, 0.2) is 48.7 Å². The SMILES string of the molecule is Nc1cc(Cl)c(F)cc1Oc1cnc2ccccc2c1. The molecule has 3 nitrogen and oxygen atoms in total. The molecule has 0 spiro atoms. The smallest absolute Gasteiger partial charge is 0.153 e. The number of pyridine rings is 1. The van der Waals surface area contributed by atoms with Gasteiger partial charge in [0, 0.05) is 11.5 Å². The number of para-hydroxylation sites is 1. The zero-order valence-electron chi connectivity index (χ0n) is 10.3. The quantitative estimate of drug-likeness (QED) is 0.711. The van der Waals surface area contributed by atoms with Gasteiger partial charge < -0.3 is 10.5 Å². The van der Waals surface area contributed by atoms with Crippen LogP contribution in [0.4, 0.5) is 10.1 Å².